The fraction of sp³-hybridized carbons (Fsp3) is 0.615. The highest BCUT2D eigenvalue weighted by atomic mass is 16.6. The van der Waals surface area contributed by atoms with Gasteiger partial charge in [0.1, 0.15) is 0 Å². The highest BCUT2D eigenvalue weighted by molar-refractivity contribution is 6.62. The van der Waals surface area contributed by atoms with E-state index in [1.807, 2.05) is 12.1 Å². The van der Waals surface area contributed by atoms with Crippen LogP contribution in [0.1, 0.15) is 32.4 Å². The van der Waals surface area contributed by atoms with Crippen LogP contribution in [0.2, 0.25) is 0 Å². The van der Waals surface area contributed by atoms with Gasteiger partial charge in [-0.3, -0.25) is 4.98 Å². The maximum absolute atomic E-state index is 6.26. The fourth-order valence-corrected chi connectivity index (χ4v) is 2.27. The molecule has 0 spiro atoms. The van der Waals surface area contributed by atoms with Crippen molar-refractivity contribution in [3.63, 3.8) is 0 Å². The van der Waals surface area contributed by atoms with Gasteiger partial charge in [0.25, 0.3) is 0 Å². The van der Waals surface area contributed by atoms with Gasteiger partial charge in [-0.15, -0.1) is 0 Å². The van der Waals surface area contributed by atoms with Gasteiger partial charge >= 0.3 is 7.12 Å². The molecule has 2 fully saturated rings. The Hall–Kier alpha value is -0.905. The molecule has 4 nitrogen and oxygen atoms in total. The molecule has 3 rings (SSSR count). The Balaban J connectivity index is 1.85. The summed E-state index contributed by atoms with van der Waals surface area (Å²) in [6, 6.07) is 3.93. The van der Waals surface area contributed by atoms with Crippen molar-refractivity contribution in [2.75, 3.05) is 13.2 Å². The maximum Gasteiger partial charge on any atom is 0.495 e. The molecule has 2 N–H and O–H groups in total. The van der Waals surface area contributed by atoms with E-state index >= 15 is 0 Å². The molecule has 0 amide bonds. The smallest absolute Gasteiger partial charge is 0.407 e. The second-order valence-electron chi connectivity index (χ2n) is 6.22. The number of pyridine rings is 1. The lowest BCUT2D eigenvalue weighted by atomic mass is 9.73. The van der Waals surface area contributed by atoms with Crippen molar-refractivity contribution < 1.29 is 9.31 Å². The van der Waals surface area contributed by atoms with Crippen LogP contribution in [0.15, 0.2) is 18.3 Å². The van der Waals surface area contributed by atoms with E-state index in [1.54, 1.807) is 6.20 Å². The quantitative estimate of drug-likeness (QED) is 0.784. The second kappa shape index (κ2) is 4.05. The Bertz CT molecular complexity index is 450. The van der Waals surface area contributed by atoms with Crippen molar-refractivity contribution in [2.45, 2.75) is 32.2 Å². The molecule has 1 aromatic heterocycles. The molecule has 1 aliphatic carbocycles. The average Bonchev–Trinajstić information content (AvgIpc) is 3.09. The summed E-state index contributed by atoms with van der Waals surface area (Å²) in [5, 5.41) is 0. The third-order valence-corrected chi connectivity index (χ3v) is 3.60. The molecule has 0 unspecified atom stereocenters. The number of hydrogen-bond donors (Lipinski definition) is 1. The SMILES string of the molecule is CC1(C)COB(c2cccnc2C2(N)CC2)OC1. The van der Waals surface area contributed by atoms with Crippen molar-refractivity contribution in [1.29, 1.82) is 0 Å². The summed E-state index contributed by atoms with van der Waals surface area (Å²) < 4.78 is 11.7. The third-order valence-electron chi connectivity index (χ3n) is 3.60. The van der Waals surface area contributed by atoms with Gasteiger partial charge in [-0.25, -0.2) is 0 Å². The van der Waals surface area contributed by atoms with E-state index in [0.29, 0.717) is 13.2 Å². The minimum absolute atomic E-state index is 0.0822. The van der Waals surface area contributed by atoms with Gasteiger partial charge in [0.2, 0.25) is 0 Å². The predicted molar refractivity (Wildman–Crippen MR) is 70.4 cm³/mol. The van der Waals surface area contributed by atoms with Crippen LogP contribution >= 0.6 is 0 Å². The summed E-state index contributed by atoms with van der Waals surface area (Å²) in [7, 11) is -0.317. The Morgan fingerprint density at radius 1 is 1.28 bits per heavy atom. The largest absolute Gasteiger partial charge is 0.495 e. The molecular weight excluding hydrogens is 227 g/mol. The van der Waals surface area contributed by atoms with Gasteiger partial charge in [-0.1, -0.05) is 19.9 Å². The normalized spacial score (nSPS) is 24.9. The van der Waals surface area contributed by atoms with Crippen LogP contribution in [0.5, 0.6) is 0 Å². The molecule has 2 aliphatic rings. The summed E-state index contributed by atoms with van der Waals surface area (Å²) in [6.45, 7) is 5.67. The zero-order valence-electron chi connectivity index (χ0n) is 11.0. The topological polar surface area (TPSA) is 57.4 Å². The number of aromatic nitrogens is 1. The number of hydrogen-bond acceptors (Lipinski definition) is 4. The van der Waals surface area contributed by atoms with E-state index in [1.165, 1.54) is 0 Å². The van der Waals surface area contributed by atoms with E-state index in [-0.39, 0.29) is 18.1 Å². The van der Waals surface area contributed by atoms with E-state index < -0.39 is 0 Å². The molecule has 18 heavy (non-hydrogen) atoms. The van der Waals surface area contributed by atoms with Gasteiger partial charge in [0.05, 0.1) is 11.2 Å². The van der Waals surface area contributed by atoms with Gasteiger partial charge in [-0.2, -0.15) is 0 Å². The average molecular weight is 246 g/mol. The first-order valence-electron chi connectivity index (χ1n) is 6.48. The summed E-state index contributed by atoms with van der Waals surface area (Å²) in [4.78, 5) is 4.44. The molecule has 0 radical (unpaired) electrons. The monoisotopic (exact) mass is 246 g/mol. The summed E-state index contributed by atoms with van der Waals surface area (Å²) in [5.74, 6) is 0. The van der Waals surface area contributed by atoms with Crippen LogP contribution in [0.3, 0.4) is 0 Å². The zero-order valence-corrected chi connectivity index (χ0v) is 11.0. The highest BCUT2D eigenvalue weighted by Crippen LogP contribution is 2.41. The number of nitrogens with zero attached hydrogens (tertiary/aromatic N) is 1. The molecule has 1 saturated heterocycles. The number of rotatable bonds is 2. The maximum atomic E-state index is 6.26. The Labute approximate surface area is 108 Å². The van der Waals surface area contributed by atoms with Gasteiger partial charge in [0, 0.05) is 30.3 Å². The molecule has 1 aromatic rings. The van der Waals surface area contributed by atoms with E-state index in [2.05, 4.69) is 18.8 Å². The molecule has 1 aliphatic heterocycles. The van der Waals surface area contributed by atoms with Crippen molar-refractivity contribution >= 4 is 12.6 Å². The van der Waals surface area contributed by atoms with Crippen molar-refractivity contribution in [3.05, 3.63) is 24.0 Å². The minimum atomic E-state index is -0.317. The molecule has 5 heteroatoms. The van der Waals surface area contributed by atoms with E-state index in [4.69, 9.17) is 15.0 Å². The second-order valence-corrected chi connectivity index (χ2v) is 6.22. The Morgan fingerprint density at radius 2 is 1.94 bits per heavy atom. The van der Waals surface area contributed by atoms with Crippen molar-refractivity contribution in [1.82, 2.24) is 4.98 Å². The van der Waals surface area contributed by atoms with Crippen molar-refractivity contribution in [3.8, 4) is 0 Å². The van der Waals surface area contributed by atoms with Crippen LogP contribution in [-0.4, -0.2) is 25.3 Å². The van der Waals surface area contributed by atoms with Crippen LogP contribution in [0.25, 0.3) is 0 Å². The van der Waals surface area contributed by atoms with E-state index in [0.717, 1.165) is 24.0 Å². The Morgan fingerprint density at radius 3 is 2.56 bits per heavy atom. The Kier molecular flexibility index (Phi) is 2.73. The van der Waals surface area contributed by atoms with Gasteiger partial charge < -0.3 is 15.0 Å². The molecule has 0 aromatic carbocycles. The lowest BCUT2D eigenvalue weighted by molar-refractivity contribution is 0.0341. The van der Waals surface area contributed by atoms with Crippen molar-refractivity contribution in [2.24, 2.45) is 11.1 Å². The molecule has 1 saturated carbocycles. The third kappa shape index (κ3) is 2.18. The van der Waals surface area contributed by atoms with Gasteiger partial charge in [0.15, 0.2) is 0 Å². The van der Waals surface area contributed by atoms with Crippen LogP contribution in [0, 0.1) is 5.41 Å². The number of nitrogens with two attached hydrogens (primary N) is 1. The van der Waals surface area contributed by atoms with Crippen LogP contribution in [-0.2, 0) is 14.8 Å². The van der Waals surface area contributed by atoms with Gasteiger partial charge in [-0.05, 0) is 18.9 Å². The fourth-order valence-electron chi connectivity index (χ4n) is 2.27. The molecular formula is C13H19BN2O2. The van der Waals surface area contributed by atoms with Crippen LogP contribution < -0.4 is 11.2 Å². The van der Waals surface area contributed by atoms with Crippen LogP contribution in [0.4, 0.5) is 0 Å². The highest BCUT2D eigenvalue weighted by Gasteiger charge is 2.46. The molecule has 0 bridgehead atoms. The summed E-state index contributed by atoms with van der Waals surface area (Å²) >= 11 is 0. The lowest BCUT2D eigenvalue weighted by Gasteiger charge is -2.33. The first-order valence-corrected chi connectivity index (χ1v) is 6.48. The first-order chi connectivity index (χ1) is 8.50. The lowest BCUT2D eigenvalue weighted by Crippen LogP contribution is -2.50. The minimum Gasteiger partial charge on any atom is -0.407 e. The first kappa shape index (κ1) is 12.1. The van der Waals surface area contributed by atoms with E-state index in [9.17, 15) is 0 Å². The molecule has 96 valence electrons. The summed E-state index contributed by atoms with van der Waals surface area (Å²) in [5.41, 5.74) is 8.02. The summed E-state index contributed by atoms with van der Waals surface area (Å²) in [6.07, 6.45) is 3.78. The predicted octanol–water partition coefficient (Wildman–Crippen LogP) is 0.798. The standard InChI is InChI=1S/C13H19BN2O2/c1-12(2)8-17-14(18-9-12)10-4-3-7-16-11(10)13(15)5-6-13/h3-4,7H,5-6,8-9,15H2,1-2H3. The molecule has 2 heterocycles. The zero-order chi connectivity index (χ0) is 12.8. The molecule has 0 atom stereocenters.